The minimum Gasteiger partial charge on any atom is -0.376 e. The van der Waals surface area contributed by atoms with E-state index in [1.54, 1.807) is 12.1 Å². The molecular formula is C17H24ClNO3S. The average molecular weight is 358 g/mol. The molecule has 0 bridgehead atoms. The van der Waals surface area contributed by atoms with Gasteiger partial charge in [0.15, 0.2) is 9.84 Å². The van der Waals surface area contributed by atoms with Crippen LogP contribution in [0.4, 0.5) is 0 Å². The van der Waals surface area contributed by atoms with Crippen LogP contribution in [-0.4, -0.2) is 38.8 Å². The van der Waals surface area contributed by atoms with E-state index in [1.165, 1.54) is 25.5 Å². The van der Waals surface area contributed by atoms with Crippen LogP contribution in [0.15, 0.2) is 29.2 Å². The Morgan fingerprint density at radius 3 is 2.48 bits per heavy atom. The van der Waals surface area contributed by atoms with Crippen molar-refractivity contribution in [2.45, 2.75) is 30.8 Å². The third-order valence-corrected chi connectivity index (χ3v) is 6.49. The highest BCUT2D eigenvalue weighted by atomic mass is 35.5. The van der Waals surface area contributed by atoms with Crippen LogP contribution in [0.3, 0.4) is 0 Å². The third-order valence-electron chi connectivity index (χ3n) is 5.02. The van der Waals surface area contributed by atoms with Crippen LogP contribution in [0.2, 0.25) is 0 Å². The molecule has 2 atom stereocenters. The second-order valence-electron chi connectivity index (χ2n) is 6.84. The molecule has 2 aliphatic rings. The number of hydrogen-bond donors (Lipinski definition) is 0. The second kappa shape index (κ2) is 7.09. The van der Waals surface area contributed by atoms with E-state index in [4.69, 9.17) is 16.5 Å². The van der Waals surface area contributed by atoms with Crippen LogP contribution >= 0.6 is 11.8 Å². The van der Waals surface area contributed by atoms with Crippen molar-refractivity contribution in [2.75, 3.05) is 26.0 Å². The van der Waals surface area contributed by atoms with E-state index in [-0.39, 0.29) is 0 Å². The van der Waals surface area contributed by atoms with Gasteiger partial charge in [-0.1, -0.05) is 12.1 Å². The van der Waals surface area contributed by atoms with Crippen LogP contribution in [0.25, 0.3) is 0 Å². The zero-order valence-corrected chi connectivity index (χ0v) is 15.0. The molecule has 0 spiro atoms. The minimum atomic E-state index is -3.12. The fourth-order valence-electron chi connectivity index (χ4n) is 3.50. The van der Waals surface area contributed by atoms with Crippen LogP contribution in [0.5, 0.6) is 0 Å². The molecule has 3 rings (SSSR count). The Hall–Kier alpha value is -0.620. The molecule has 1 saturated carbocycles. The Kier molecular flexibility index (Phi) is 5.31. The van der Waals surface area contributed by atoms with E-state index in [0.29, 0.717) is 17.4 Å². The molecule has 0 unspecified atom stereocenters. The second-order valence-corrected chi connectivity index (χ2v) is 9.33. The zero-order chi connectivity index (χ0) is 16.4. The first kappa shape index (κ1) is 17.2. The molecule has 128 valence electrons. The summed E-state index contributed by atoms with van der Waals surface area (Å²) >= 11 is 6.01. The molecule has 1 aromatic rings. The number of ether oxygens (including phenoxy) is 1. The summed E-state index contributed by atoms with van der Waals surface area (Å²) in [7, 11) is -3.12. The molecule has 0 N–H and O–H groups in total. The highest BCUT2D eigenvalue weighted by Crippen LogP contribution is 2.48. The third kappa shape index (κ3) is 4.69. The predicted molar refractivity (Wildman–Crippen MR) is 91.0 cm³/mol. The molecule has 1 aliphatic heterocycles. The lowest BCUT2D eigenvalue weighted by Gasteiger charge is -2.27. The summed E-state index contributed by atoms with van der Waals surface area (Å²) in [5.74, 6) is 2.32. The van der Waals surface area contributed by atoms with Gasteiger partial charge in [0.1, 0.15) is 0 Å². The molecule has 23 heavy (non-hydrogen) atoms. The first-order chi connectivity index (χ1) is 10.9. The molecule has 2 fully saturated rings. The van der Waals surface area contributed by atoms with Gasteiger partial charge >= 0.3 is 0 Å². The molecule has 4 nitrogen and oxygen atoms in total. The first-order valence-corrected chi connectivity index (χ1v) is 10.4. The van der Waals surface area contributed by atoms with E-state index in [1.807, 2.05) is 16.6 Å². The van der Waals surface area contributed by atoms with E-state index in [9.17, 15) is 8.42 Å². The molecule has 1 aliphatic carbocycles. The summed E-state index contributed by atoms with van der Waals surface area (Å²) in [4.78, 5) is 0.356. The number of hydrogen-bond acceptors (Lipinski definition) is 4. The molecule has 1 aromatic carbocycles. The van der Waals surface area contributed by atoms with Crippen LogP contribution in [0, 0.1) is 17.8 Å². The molecule has 0 radical (unpaired) electrons. The molecule has 1 saturated heterocycles. The molecular weight excluding hydrogens is 334 g/mol. The number of piperidine rings is 1. The van der Waals surface area contributed by atoms with Gasteiger partial charge in [0.2, 0.25) is 0 Å². The number of sulfone groups is 1. The Balaban J connectivity index is 1.39. The Bertz CT molecular complexity index is 624. The van der Waals surface area contributed by atoms with Crippen molar-refractivity contribution in [2.24, 2.45) is 17.8 Å². The van der Waals surface area contributed by atoms with E-state index in [0.717, 1.165) is 37.1 Å². The quantitative estimate of drug-likeness (QED) is 0.734. The summed E-state index contributed by atoms with van der Waals surface area (Å²) in [6, 6.07) is 6.95. The van der Waals surface area contributed by atoms with Gasteiger partial charge in [-0.05, 0) is 66.5 Å². The van der Waals surface area contributed by atoms with Crippen molar-refractivity contribution in [3.8, 4) is 0 Å². The maximum Gasteiger partial charge on any atom is 0.175 e. The van der Waals surface area contributed by atoms with Crippen molar-refractivity contribution in [1.29, 1.82) is 0 Å². The summed E-state index contributed by atoms with van der Waals surface area (Å²) in [5, 5.41) is 0. The maximum atomic E-state index is 11.4. The summed E-state index contributed by atoms with van der Waals surface area (Å²) in [6.45, 7) is 3.36. The van der Waals surface area contributed by atoms with E-state index in [2.05, 4.69) is 0 Å². The Morgan fingerprint density at radius 2 is 1.87 bits per heavy atom. The standard InChI is InChI=1S/C17H24ClNO3S/c1-23(20,21)16-4-2-13(3-5-16)11-22-12-15-10-17(15)14-6-8-19(18)9-7-14/h2-5,14-15,17H,6-12H2,1H3/t15-,17-/m1/s1. The van der Waals surface area contributed by atoms with Crippen LogP contribution in [0.1, 0.15) is 24.8 Å². The van der Waals surface area contributed by atoms with Crippen LogP contribution < -0.4 is 0 Å². The van der Waals surface area contributed by atoms with E-state index < -0.39 is 9.84 Å². The van der Waals surface area contributed by atoms with Gasteiger partial charge in [-0.3, -0.25) is 0 Å². The molecule has 1 heterocycles. The molecule has 0 amide bonds. The topological polar surface area (TPSA) is 46.6 Å². The number of nitrogens with zero attached hydrogens (tertiary/aromatic N) is 1. The first-order valence-electron chi connectivity index (χ1n) is 8.21. The number of halogens is 1. The van der Waals surface area contributed by atoms with Gasteiger partial charge in [0, 0.05) is 19.3 Å². The highest BCUT2D eigenvalue weighted by Gasteiger charge is 2.43. The van der Waals surface area contributed by atoms with Gasteiger partial charge in [0.25, 0.3) is 0 Å². The van der Waals surface area contributed by atoms with Crippen molar-refractivity contribution >= 4 is 21.6 Å². The Morgan fingerprint density at radius 1 is 1.22 bits per heavy atom. The van der Waals surface area contributed by atoms with E-state index >= 15 is 0 Å². The van der Waals surface area contributed by atoms with Crippen molar-refractivity contribution < 1.29 is 13.2 Å². The predicted octanol–water partition coefficient (Wildman–Crippen LogP) is 3.11. The Labute approximate surface area is 143 Å². The number of rotatable bonds is 6. The summed E-state index contributed by atoms with van der Waals surface area (Å²) in [5.41, 5.74) is 1.02. The van der Waals surface area contributed by atoms with Gasteiger partial charge in [0.05, 0.1) is 18.1 Å². The van der Waals surface area contributed by atoms with Crippen LogP contribution in [-0.2, 0) is 21.2 Å². The molecule has 0 aromatic heterocycles. The fourth-order valence-corrected chi connectivity index (χ4v) is 4.32. The molecule has 6 heteroatoms. The normalized spacial score (nSPS) is 26.3. The summed E-state index contributed by atoms with van der Waals surface area (Å²) in [6.07, 6.45) is 4.91. The number of benzene rings is 1. The van der Waals surface area contributed by atoms with Gasteiger partial charge in [-0.2, -0.15) is 0 Å². The zero-order valence-electron chi connectivity index (χ0n) is 13.4. The summed E-state index contributed by atoms with van der Waals surface area (Å²) < 4.78 is 30.6. The lowest BCUT2D eigenvalue weighted by Crippen LogP contribution is -2.27. The minimum absolute atomic E-state index is 0.356. The average Bonchev–Trinajstić information content (AvgIpc) is 3.27. The van der Waals surface area contributed by atoms with Gasteiger partial charge in [-0.15, -0.1) is 0 Å². The SMILES string of the molecule is CS(=O)(=O)c1ccc(COC[C@H]2C[C@@H]2C2CCN(Cl)CC2)cc1. The van der Waals surface area contributed by atoms with Crippen molar-refractivity contribution in [3.63, 3.8) is 0 Å². The smallest absolute Gasteiger partial charge is 0.175 e. The monoisotopic (exact) mass is 357 g/mol. The largest absolute Gasteiger partial charge is 0.376 e. The van der Waals surface area contributed by atoms with Gasteiger partial charge < -0.3 is 4.74 Å². The van der Waals surface area contributed by atoms with Gasteiger partial charge in [-0.25, -0.2) is 12.8 Å². The lowest BCUT2D eigenvalue weighted by molar-refractivity contribution is 0.103. The van der Waals surface area contributed by atoms with Crippen molar-refractivity contribution in [1.82, 2.24) is 4.42 Å². The maximum absolute atomic E-state index is 11.4. The lowest BCUT2D eigenvalue weighted by atomic mass is 9.92. The fraction of sp³-hybridized carbons (Fsp3) is 0.647. The van der Waals surface area contributed by atoms with Crippen molar-refractivity contribution in [3.05, 3.63) is 29.8 Å². The highest BCUT2D eigenvalue weighted by molar-refractivity contribution is 7.90.